The summed E-state index contributed by atoms with van der Waals surface area (Å²) < 4.78 is 0. The van der Waals surface area contributed by atoms with Gasteiger partial charge in [0.15, 0.2) is 0 Å². The van der Waals surface area contributed by atoms with Crippen LogP contribution in [0.25, 0.3) is 11.3 Å². The van der Waals surface area contributed by atoms with Crippen molar-refractivity contribution < 1.29 is 9.90 Å². The van der Waals surface area contributed by atoms with Gasteiger partial charge in [-0.15, -0.1) is 0 Å². The molecule has 0 aliphatic carbocycles. The van der Waals surface area contributed by atoms with Crippen LogP contribution >= 0.6 is 0 Å². The fourth-order valence-electron chi connectivity index (χ4n) is 2.27. The first-order chi connectivity index (χ1) is 10.8. The largest absolute Gasteiger partial charge is 0.465 e. The molecule has 1 amide bonds. The van der Waals surface area contributed by atoms with Crippen LogP contribution in [0.2, 0.25) is 0 Å². The van der Waals surface area contributed by atoms with Crippen LogP contribution < -0.4 is 11.1 Å². The van der Waals surface area contributed by atoms with Gasteiger partial charge < -0.3 is 21.1 Å². The third-order valence-corrected chi connectivity index (χ3v) is 3.34. The lowest BCUT2D eigenvalue weighted by atomic mass is 10.0. The second-order valence-corrected chi connectivity index (χ2v) is 5.50. The van der Waals surface area contributed by atoms with Gasteiger partial charge in [0.05, 0.1) is 5.69 Å². The predicted molar refractivity (Wildman–Crippen MR) is 90.5 cm³/mol. The molecule has 0 aliphatic rings. The molecule has 4 N–H and O–H groups in total. The van der Waals surface area contributed by atoms with E-state index in [1.165, 1.54) is 11.9 Å². The highest BCUT2D eigenvalue weighted by molar-refractivity contribution is 5.66. The number of carboxylic acid groups (broad SMARTS) is 1. The Morgan fingerprint density at radius 1 is 1.22 bits per heavy atom. The number of aryl methyl sites for hydroxylation is 2. The molecule has 0 saturated heterocycles. The first-order valence-corrected chi connectivity index (χ1v) is 7.26. The average Bonchev–Trinajstić information content (AvgIpc) is 2.45. The van der Waals surface area contributed by atoms with Crippen molar-refractivity contribution in [3.05, 3.63) is 35.4 Å². The van der Waals surface area contributed by atoms with Crippen LogP contribution in [0, 0.1) is 13.8 Å². The monoisotopic (exact) mass is 315 g/mol. The van der Waals surface area contributed by atoms with Crippen molar-refractivity contribution in [1.82, 2.24) is 14.9 Å². The highest BCUT2D eigenvalue weighted by atomic mass is 16.4. The molecule has 0 aliphatic heterocycles. The van der Waals surface area contributed by atoms with Gasteiger partial charge in [0.1, 0.15) is 5.82 Å². The van der Waals surface area contributed by atoms with E-state index in [1.807, 2.05) is 32.0 Å². The van der Waals surface area contributed by atoms with Gasteiger partial charge in [0.25, 0.3) is 0 Å². The summed E-state index contributed by atoms with van der Waals surface area (Å²) in [6, 6.07) is 7.98. The summed E-state index contributed by atoms with van der Waals surface area (Å²) in [6.07, 6.45) is -0.968. The van der Waals surface area contributed by atoms with Crippen molar-refractivity contribution >= 4 is 17.9 Å². The second kappa shape index (κ2) is 6.95. The van der Waals surface area contributed by atoms with Gasteiger partial charge in [-0.3, -0.25) is 0 Å². The molecular formula is C16H21N5O2. The highest BCUT2D eigenvalue weighted by Crippen LogP contribution is 2.23. The minimum atomic E-state index is -0.968. The van der Waals surface area contributed by atoms with Crippen molar-refractivity contribution in [3.63, 3.8) is 0 Å². The molecule has 2 aromatic rings. The topological polar surface area (TPSA) is 104 Å². The molecular weight excluding hydrogens is 294 g/mol. The van der Waals surface area contributed by atoms with Gasteiger partial charge in [-0.1, -0.05) is 17.2 Å². The fraction of sp³-hybridized carbons (Fsp3) is 0.312. The van der Waals surface area contributed by atoms with Crippen LogP contribution in [-0.2, 0) is 0 Å². The van der Waals surface area contributed by atoms with E-state index in [1.54, 1.807) is 0 Å². The number of likely N-dealkylation sites (N-methyl/N-ethyl adjacent to an activating group) is 1. The number of hydrogen-bond acceptors (Lipinski definition) is 5. The van der Waals surface area contributed by atoms with E-state index in [9.17, 15) is 4.79 Å². The summed E-state index contributed by atoms with van der Waals surface area (Å²) >= 11 is 0. The molecule has 0 bridgehead atoms. The summed E-state index contributed by atoms with van der Waals surface area (Å²) in [5.74, 6) is 0.751. The molecule has 7 heteroatoms. The molecule has 23 heavy (non-hydrogen) atoms. The number of rotatable bonds is 5. The van der Waals surface area contributed by atoms with Crippen molar-refractivity contribution in [2.45, 2.75) is 13.8 Å². The molecule has 0 atom stereocenters. The summed E-state index contributed by atoms with van der Waals surface area (Å²) in [7, 11) is 1.51. The second-order valence-electron chi connectivity index (χ2n) is 5.50. The third kappa shape index (κ3) is 4.57. The lowest BCUT2D eigenvalue weighted by Crippen LogP contribution is -2.30. The minimum Gasteiger partial charge on any atom is -0.465 e. The number of amides is 1. The van der Waals surface area contributed by atoms with Crippen molar-refractivity contribution in [2.75, 3.05) is 31.2 Å². The van der Waals surface area contributed by atoms with E-state index in [4.69, 9.17) is 10.8 Å². The smallest absolute Gasteiger partial charge is 0.407 e. The Labute approximate surface area is 135 Å². The predicted octanol–water partition coefficient (Wildman–Crippen LogP) is 2.36. The van der Waals surface area contributed by atoms with Gasteiger partial charge in [-0.05, 0) is 26.0 Å². The van der Waals surface area contributed by atoms with Crippen molar-refractivity contribution in [1.29, 1.82) is 0 Å². The molecule has 0 fully saturated rings. The Hall–Kier alpha value is -2.83. The normalized spacial score (nSPS) is 10.4. The maximum Gasteiger partial charge on any atom is 0.407 e. The lowest BCUT2D eigenvalue weighted by molar-refractivity contribution is 0.157. The SMILES string of the molecule is Cc1cc(C)cc(-c2cc(NCCN(C)C(=O)O)nc(N)n2)c1. The van der Waals surface area contributed by atoms with Crippen molar-refractivity contribution in [3.8, 4) is 11.3 Å². The molecule has 122 valence electrons. The Bertz CT molecular complexity index is 697. The van der Waals surface area contributed by atoms with E-state index >= 15 is 0 Å². The quantitative estimate of drug-likeness (QED) is 0.782. The molecule has 1 aromatic carbocycles. The summed E-state index contributed by atoms with van der Waals surface area (Å²) in [5, 5.41) is 11.9. The molecule has 0 spiro atoms. The molecule has 0 radical (unpaired) electrons. The summed E-state index contributed by atoms with van der Waals surface area (Å²) in [4.78, 5) is 20.4. The van der Waals surface area contributed by atoms with Crippen molar-refractivity contribution in [2.24, 2.45) is 0 Å². The van der Waals surface area contributed by atoms with E-state index in [0.29, 0.717) is 18.9 Å². The van der Waals surface area contributed by atoms with Crippen LogP contribution in [0.3, 0.4) is 0 Å². The summed E-state index contributed by atoms with van der Waals surface area (Å²) in [6.45, 7) is 4.84. The van der Waals surface area contributed by atoms with E-state index in [0.717, 1.165) is 22.4 Å². The Balaban J connectivity index is 2.17. The zero-order valence-corrected chi connectivity index (χ0v) is 13.5. The zero-order chi connectivity index (χ0) is 17.0. The number of nitrogen functional groups attached to an aromatic ring is 1. The van der Waals surface area contributed by atoms with Gasteiger partial charge in [0.2, 0.25) is 5.95 Å². The number of nitrogens with zero attached hydrogens (tertiary/aromatic N) is 3. The van der Waals surface area contributed by atoms with Crippen LogP contribution in [0.1, 0.15) is 11.1 Å². The van der Waals surface area contributed by atoms with Gasteiger partial charge in [0, 0.05) is 31.8 Å². The van der Waals surface area contributed by atoms with E-state index < -0.39 is 6.09 Å². The molecule has 0 unspecified atom stereocenters. The number of anilines is 2. The first-order valence-electron chi connectivity index (χ1n) is 7.26. The maximum absolute atomic E-state index is 10.8. The molecule has 7 nitrogen and oxygen atoms in total. The number of nitrogens with one attached hydrogen (secondary N) is 1. The highest BCUT2D eigenvalue weighted by Gasteiger charge is 2.08. The van der Waals surface area contributed by atoms with Crippen LogP contribution in [-0.4, -0.2) is 46.2 Å². The number of hydrogen-bond donors (Lipinski definition) is 3. The lowest BCUT2D eigenvalue weighted by Gasteiger charge is -2.14. The fourth-order valence-corrected chi connectivity index (χ4v) is 2.27. The zero-order valence-electron chi connectivity index (χ0n) is 13.5. The molecule has 1 heterocycles. The minimum absolute atomic E-state index is 0.177. The van der Waals surface area contributed by atoms with Gasteiger partial charge >= 0.3 is 6.09 Å². The van der Waals surface area contributed by atoms with E-state index in [2.05, 4.69) is 21.4 Å². The number of aromatic nitrogens is 2. The first kappa shape index (κ1) is 16.5. The Morgan fingerprint density at radius 3 is 2.48 bits per heavy atom. The standard InChI is InChI=1S/C16H21N5O2/c1-10-6-11(2)8-12(7-10)13-9-14(20-15(17)19-13)18-4-5-21(3)16(22)23/h6-9H,4-5H2,1-3H3,(H,22,23)(H3,17,18,19,20). The van der Waals surface area contributed by atoms with Crippen LogP contribution in [0.4, 0.5) is 16.6 Å². The Morgan fingerprint density at radius 2 is 1.87 bits per heavy atom. The maximum atomic E-state index is 10.8. The third-order valence-electron chi connectivity index (χ3n) is 3.34. The van der Waals surface area contributed by atoms with Crippen LogP contribution in [0.15, 0.2) is 24.3 Å². The molecule has 1 aromatic heterocycles. The number of carbonyl (C=O) groups is 1. The average molecular weight is 315 g/mol. The molecule has 0 saturated carbocycles. The number of nitrogens with two attached hydrogens (primary N) is 1. The summed E-state index contributed by atoms with van der Waals surface area (Å²) in [5.41, 5.74) is 9.79. The van der Waals surface area contributed by atoms with Crippen LogP contribution in [0.5, 0.6) is 0 Å². The molecule has 2 rings (SSSR count). The van der Waals surface area contributed by atoms with Gasteiger partial charge in [-0.2, -0.15) is 4.98 Å². The Kier molecular flexibility index (Phi) is 5.00. The van der Waals surface area contributed by atoms with Gasteiger partial charge in [-0.25, -0.2) is 9.78 Å². The number of benzene rings is 1. The van der Waals surface area contributed by atoms with E-state index in [-0.39, 0.29) is 5.95 Å².